The summed E-state index contributed by atoms with van der Waals surface area (Å²) in [6.07, 6.45) is 0. The number of nitrogens with zero attached hydrogens (tertiary/aromatic N) is 3. The minimum Gasteiger partial charge on any atom is -0.356 e. The van der Waals surface area contributed by atoms with Gasteiger partial charge in [-0.3, -0.25) is 0 Å². The van der Waals surface area contributed by atoms with E-state index in [9.17, 15) is 0 Å². The normalized spacial score (nSPS) is 5.14. The molecule has 0 unspecified atom stereocenters. The first-order chi connectivity index (χ1) is 5.20. The van der Waals surface area contributed by atoms with E-state index in [1.165, 1.54) is 0 Å². The second-order valence-electron chi connectivity index (χ2n) is 0.671. The molecule has 14 heavy (non-hydrogen) atoms. The summed E-state index contributed by atoms with van der Waals surface area (Å²) in [5.41, 5.74) is 0. The molecule has 0 aromatic heterocycles. The van der Waals surface area contributed by atoms with Crippen LogP contribution in [0.5, 0.6) is 0 Å². The fourth-order valence-electron chi connectivity index (χ4n) is 0. The van der Waals surface area contributed by atoms with Gasteiger partial charge >= 0.3 is 49.7 Å². The van der Waals surface area contributed by atoms with Crippen LogP contribution in [0, 0.1) is 46.0 Å². The molecule has 2 radical (unpaired) electrons. The summed E-state index contributed by atoms with van der Waals surface area (Å²) in [6.45, 7) is 0. The van der Waals surface area contributed by atoms with Crippen LogP contribution in [0.4, 0.5) is 0 Å². The van der Waals surface area contributed by atoms with Crippen molar-refractivity contribution in [1.82, 2.24) is 0 Å². The fraction of sp³-hybridized carbons (Fsp3) is 0. The number of hydrogen-bond donors (Lipinski definition) is 0. The van der Waals surface area contributed by atoms with Crippen LogP contribution < -0.4 is 0 Å². The predicted octanol–water partition coefficient (Wildman–Crippen LogP) is -1.10. The Bertz CT molecular complexity index is 118. The summed E-state index contributed by atoms with van der Waals surface area (Å²) in [4.78, 5) is 24.8. The van der Waals surface area contributed by atoms with Crippen molar-refractivity contribution in [1.29, 1.82) is 0 Å². The maximum atomic E-state index is 8.25. The zero-order valence-electron chi connectivity index (χ0n) is 5.82. The van der Waals surface area contributed by atoms with Gasteiger partial charge in [-0.15, -0.1) is 0 Å². The zero-order chi connectivity index (χ0) is 10.7. The monoisotopic (exact) mass is 501 g/mol. The van der Waals surface area contributed by atoms with E-state index in [-0.39, 0.29) is 49.7 Å². The molecule has 0 aromatic rings. The topological polar surface area (TPSA) is 199 Å². The molecule has 0 saturated carbocycles. The van der Waals surface area contributed by atoms with Crippen LogP contribution in [-0.4, -0.2) is 42.6 Å². The van der Waals surface area contributed by atoms with Gasteiger partial charge in [0.1, 0.15) is 0 Å². The largest absolute Gasteiger partial charge is 2.00 e. The van der Waals surface area contributed by atoms with E-state index in [2.05, 4.69) is 0 Å². The molecule has 0 saturated heterocycles. The molecule has 14 heteroatoms. The summed E-state index contributed by atoms with van der Waals surface area (Å²) in [7, 11) is 0. The van der Waals surface area contributed by atoms with Crippen LogP contribution in [0.3, 0.4) is 0 Å². The Labute approximate surface area is 111 Å². The maximum Gasteiger partial charge on any atom is 2.00 e. The summed E-state index contributed by atoms with van der Waals surface area (Å²) in [6, 6.07) is 0. The van der Waals surface area contributed by atoms with Gasteiger partial charge in [-0.05, 0) is 0 Å². The Kier molecular flexibility index (Phi) is 47.5. The van der Waals surface area contributed by atoms with Gasteiger partial charge in [0, 0.05) is 0 Å². The molecule has 0 spiro atoms. The Morgan fingerprint density at radius 2 is 0.571 bits per heavy atom. The third-order valence-corrected chi connectivity index (χ3v) is 0. The summed E-state index contributed by atoms with van der Waals surface area (Å²) in [5.74, 6) is 0. The van der Waals surface area contributed by atoms with E-state index in [1.54, 1.807) is 0 Å². The third kappa shape index (κ3) is 2180. The Morgan fingerprint density at radius 3 is 0.571 bits per heavy atom. The first-order valence-corrected chi connectivity index (χ1v) is 1.64. The molecule has 0 fully saturated rings. The molecule has 0 aliphatic heterocycles. The molecule has 0 aliphatic rings. The van der Waals surface area contributed by atoms with Crippen molar-refractivity contribution in [3.05, 3.63) is 46.0 Å². The third-order valence-electron chi connectivity index (χ3n) is 0. The predicted molar refractivity (Wildman–Crippen MR) is 36.8 cm³/mol. The Balaban J connectivity index is -0.0000000270. The molecular formula is AgN3O9Pb. The number of rotatable bonds is 0. The first-order valence-electron chi connectivity index (χ1n) is 1.64. The van der Waals surface area contributed by atoms with Crippen LogP contribution in [0.1, 0.15) is 0 Å². The molecule has 84 valence electrons. The van der Waals surface area contributed by atoms with E-state index >= 15 is 0 Å². The van der Waals surface area contributed by atoms with Gasteiger partial charge in [-0.1, -0.05) is 0 Å². The van der Waals surface area contributed by atoms with Gasteiger partial charge in [0.25, 0.3) is 0 Å². The first kappa shape index (κ1) is 29.2. The van der Waals surface area contributed by atoms with E-state index in [4.69, 9.17) is 46.0 Å². The Hall–Kier alpha value is -0.738. The average Bonchev–Trinajstić information content (AvgIpc) is 1.54. The van der Waals surface area contributed by atoms with Crippen molar-refractivity contribution >= 4 is 27.3 Å². The van der Waals surface area contributed by atoms with Crippen molar-refractivity contribution < 1.29 is 37.6 Å². The zero-order valence-corrected chi connectivity index (χ0v) is 11.2. The molecular weight excluding hydrogens is 501 g/mol. The summed E-state index contributed by atoms with van der Waals surface area (Å²) in [5, 5.41) is 44.2. The van der Waals surface area contributed by atoms with E-state index < -0.39 is 15.3 Å². The van der Waals surface area contributed by atoms with Crippen molar-refractivity contribution in [2.45, 2.75) is 0 Å². The van der Waals surface area contributed by atoms with Crippen LogP contribution in [0.25, 0.3) is 0 Å². The fourth-order valence-corrected chi connectivity index (χ4v) is 0. The second kappa shape index (κ2) is 22.8. The van der Waals surface area contributed by atoms with E-state index in [1.807, 2.05) is 0 Å². The minimum atomic E-state index is -1.75. The Morgan fingerprint density at radius 1 is 0.571 bits per heavy atom. The van der Waals surface area contributed by atoms with Crippen LogP contribution in [-0.2, 0) is 22.4 Å². The standard InChI is InChI=1S/Ag.3NO3.Pb/c;3*2-1(3)4;/q+1;3*-1;+2. The van der Waals surface area contributed by atoms with E-state index in [0.29, 0.717) is 0 Å². The van der Waals surface area contributed by atoms with Gasteiger partial charge in [0.2, 0.25) is 0 Å². The molecule has 0 amide bonds. The molecule has 0 aromatic carbocycles. The summed E-state index contributed by atoms with van der Waals surface area (Å²) < 4.78 is 0. The van der Waals surface area contributed by atoms with Crippen LogP contribution >= 0.6 is 0 Å². The van der Waals surface area contributed by atoms with Gasteiger partial charge in [0.15, 0.2) is 0 Å². The average molecular weight is 501 g/mol. The number of hydrogen-bond acceptors (Lipinski definition) is 9. The molecule has 0 N–H and O–H groups in total. The molecule has 12 nitrogen and oxygen atoms in total. The van der Waals surface area contributed by atoms with Crippen molar-refractivity contribution in [3.63, 3.8) is 0 Å². The smallest absolute Gasteiger partial charge is 0.356 e. The van der Waals surface area contributed by atoms with Gasteiger partial charge in [-0.25, -0.2) is 0 Å². The van der Waals surface area contributed by atoms with Gasteiger partial charge in [0.05, 0.1) is 15.3 Å². The maximum absolute atomic E-state index is 8.25. The van der Waals surface area contributed by atoms with Crippen LogP contribution in [0.15, 0.2) is 0 Å². The van der Waals surface area contributed by atoms with Gasteiger partial charge in [-0.2, -0.15) is 0 Å². The molecule has 0 bridgehead atoms. The molecule has 0 atom stereocenters. The molecule has 0 heterocycles. The minimum absolute atomic E-state index is 0. The van der Waals surface area contributed by atoms with Crippen LogP contribution in [0.2, 0.25) is 0 Å². The van der Waals surface area contributed by atoms with Crippen molar-refractivity contribution in [2.75, 3.05) is 0 Å². The molecule has 0 aliphatic carbocycles. The van der Waals surface area contributed by atoms with E-state index in [0.717, 1.165) is 0 Å². The van der Waals surface area contributed by atoms with Gasteiger partial charge < -0.3 is 46.0 Å². The van der Waals surface area contributed by atoms with Crippen molar-refractivity contribution in [2.24, 2.45) is 0 Å². The second-order valence-corrected chi connectivity index (χ2v) is 0.671. The van der Waals surface area contributed by atoms with Crippen molar-refractivity contribution in [3.8, 4) is 0 Å². The summed E-state index contributed by atoms with van der Waals surface area (Å²) >= 11 is 0. The SMILES string of the molecule is O=[N+]([O-])[O-].O=[N+]([O-])[O-].O=[N+]([O-])[O-].[Ag+].[Pb+2]. The molecule has 0 rings (SSSR count). The quantitative estimate of drug-likeness (QED) is 0.225.